The van der Waals surface area contributed by atoms with Gasteiger partial charge in [0.05, 0.1) is 16.9 Å². The molecule has 5 heteroatoms. The fourth-order valence-electron chi connectivity index (χ4n) is 2.95. The van der Waals surface area contributed by atoms with Crippen LogP contribution in [-0.4, -0.2) is 18.2 Å². The summed E-state index contributed by atoms with van der Waals surface area (Å²) in [5.41, 5.74) is 4.48. The molecule has 2 heterocycles. The van der Waals surface area contributed by atoms with E-state index in [0.29, 0.717) is 11.3 Å². The summed E-state index contributed by atoms with van der Waals surface area (Å²) in [6.07, 6.45) is 0.991. The van der Waals surface area contributed by atoms with Crippen LogP contribution in [0.1, 0.15) is 15.9 Å². The molecule has 0 aromatic heterocycles. The minimum atomic E-state index is -0.559. The van der Waals surface area contributed by atoms with E-state index in [-0.39, 0.29) is 0 Å². The van der Waals surface area contributed by atoms with Crippen molar-refractivity contribution in [3.05, 3.63) is 52.0 Å². The van der Waals surface area contributed by atoms with Gasteiger partial charge in [0.25, 0.3) is 11.7 Å². The fraction of sp³-hybridized carbons (Fsp3) is 0.125. The number of anilines is 3. The van der Waals surface area contributed by atoms with E-state index in [1.165, 1.54) is 11.3 Å². The number of fused-ring (bicyclic) bond motifs is 2. The molecule has 21 heavy (non-hydrogen) atoms. The van der Waals surface area contributed by atoms with Crippen LogP contribution in [0.15, 0.2) is 40.9 Å². The summed E-state index contributed by atoms with van der Waals surface area (Å²) in [4.78, 5) is 25.4. The average molecular weight is 343 g/mol. The van der Waals surface area contributed by atoms with Gasteiger partial charge in [0, 0.05) is 16.7 Å². The van der Waals surface area contributed by atoms with Crippen LogP contribution >= 0.6 is 15.9 Å². The molecule has 4 rings (SSSR count). The van der Waals surface area contributed by atoms with Crippen LogP contribution in [0.4, 0.5) is 17.1 Å². The first kappa shape index (κ1) is 12.6. The molecule has 0 aliphatic carbocycles. The number of para-hydroxylation sites is 1. The van der Waals surface area contributed by atoms with Crippen molar-refractivity contribution in [2.24, 2.45) is 0 Å². The number of benzene rings is 2. The highest BCUT2D eigenvalue weighted by atomic mass is 79.9. The summed E-state index contributed by atoms with van der Waals surface area (Å²) in [6.45, 7) is 0.888. The topological polar surface area (TPSA) is 49.4 Å². The third-order valence-corrected chi connectivity index (χ3v) is 4.60. The van der Waals surface area contributed by atoms with Gasteiger partial charge in [-0.05, 0) is 46.1 Å². The van der Waals surface area contributed by atoms with Crippen molar-refractivity contribution in [3.8, 4) is 0 Å². The predicted octanol–water partition coefficient (Wildman–Crippen LogP) is 3.28. The highest BCUT2D eigenvalue weighted by Crippen LogP contribution is 2.41. The van der Waals surface area contributed by atoms with Crippen molar-refractivity contribution in [3.63, 3.8) is 0 Å². The minimum absolute atomic E-state index is 0.433. The second-order valence-electron chi connectivity index (χ2n) is 5.16. The molecule has 1 N–H and O–H groups in total. The molecule has 2 aliphatic rings. The predicted molar refractivity (Wildman–Crippen MR) is 84.3 cm³/mol. The number of rotatable bonds is 1. The van der Waals surface area contributed by atoms with E-state index in [9.17, 15) is 9.59 Å². The molecular weight excluding hydrogens is 332 g/mol. The van der Waals surface area contributed by atoms with Crippen LogP contribution in [0.3, 0.4) is 0 Å². The fourth-order valence-corrected chi connectivity index (χ4v) is 3.51. The number of carbonyl (C=O) groups is 2. The van der Waals surface area contributed by atoms with Crippen molar-refractivity contribution in [1.29, 1.82) is 0 Å². The van der Waals surface area contributed by atoms with E-state index >= 15 is 0 Å². The van der Waals surface area contributed by atoms with Gasteiger partial charge < -0.3 is 10.2 Å². The Hall–Kier alpha value is -2.14. The summed E-state index contributed by atoms with van der Waals surface area (Å²) < 4.78 is 0.822. The number of nitrogens with zero attached hydrogens (tertiary/aromatic N) is 1. The Morgan fingerprint density at radius 2 is 1.90 bits per heavy atom. The molecule has 1 amide bonds. The molecule has 104 valence electrons. The third-order valence-electron chi connectivity index (χ3n) is 3.96. The first-order valence-electron chi connectivity index (χ1n) is 6.70. The van der Waals surface area contributed by atoms with Crippen LogP contribution in [-0.2, 0) is 11.2 Å². The van der Waals surface area contributed by atoms with E-state index in [1.807, 2.05) is 18.2 Å². The van der Waals surface area contributed by atoms with Crippen molar-refractivity contribution in [2.75, 3.05) is 16.8 Å². The van der Waals surface area contributed by atoms with Gasteiger partial charge in [-0.1, -0.05) is 18.2 Å². The number of Topliss-reactive ketones (excluding diaryl/α,β-unsaturated/α-hetero) is 1. The number of hydrogen-bond acceptors (Lipinski definition) is 3. The highest BCUT2D eigenvalue weighted by molar-refractivity contribution is 9.10. The Morgan fingerprint density at radius 3 is 2.76 bits per heavy atom. The van der Waals surface area contributed by atoms with Crippen LogP contribution in [0.2, 0.25) is 0 Å². The highest BCUT2D eigenvalue weighted by Gasteiger charge is 2.31. The maximum Gasteiger partial charge on any atom is 0.296 e. The van der Waals surface area contributed by atoms with Gasteiger partial charge in [0.1, 0.15) is 0 Å². The summed E-state index contributed by atoms with van der Waals surface area (Å²) in [7, 11) is 0. The van der Waals surface area contributed by atoms with Crippen molar-refractivity contribution in [1.82, 2.24) is 0 Å². The van der Waals surface area contributed by atoms with Gasteiger partial charge in [-0.15, -0.1) is 0 Å². The second-order valence-corrected chi connectivity index (χ2v) is 6.02. The van der Waals surface area contributed by atoms with E-state index in [2.05, 4.69) is 38.3 Å². The van der Waals surface area contributed by atoms with Crippen molar-refractivity contribution in [2.45, 2.75) is 6.42 Å². The molecule has 0 saturated heterocycles. The van der Waals surface area contributed by atoms with Crippen LogP contribution < -0.4 is 10.2 Å². The Bertz CT molecular complexity index is 801. The molecule has 0 fully saturated rings. The van der Waals surface area contributed by atoms with E-state index in [4.69, 9.17) is 0 Å². The standard InChI is InChI=1S/C16H11BrN2O2/c17-11-7-10-12(18-16(21)15(10)20)8-14(11)19-6-5-9-3-1-2-4-13(9)19/h1-4,7-8H,5-6H2,(H,18,20,21). The number of hydrogen-bond donors (Lipinski definition) is 1. The minimum Gasteiger partial charge on any atom is -0.340 e. The Balaban J connectivity index is 1.83. The summed E-state index contributed by atoms with van der Waals surface area (Å²) in [5.74, 6) is -1.03. The maximum absolute atomic E-state index is 11.7. The first-order chi connectivity index (χ1) is 10.1. The molecule has 0 spiro atoms. The molecule has 0 atom stereocenters. The maximum atomic E-state index is 11.7. The van der Waals surface area contributed by atoms with Gasteiger partial charge >= 0.3 is 0 Å². The van der Waals surface area contributed by atoms with Gasteiger partial charge in [-0.25, -0.2) is 0 Å². The first-order valence-corrected chi connectivity index (χ1v) is 7.49. The average Bonchev–Trinajstić information content (AvgIpc) is 3.02. The summed E-state index contributed by atoms with van der Waals surface area (Å²) in [6, 6.07) is 11.9. The molecule has 0 bridgehead atoms. The molecule has 2 aromatic rings. The number of amides is 1. The van der Waals surface area contributed by atoms with Crippen LogP contribution in [0.25, 0.3) is 0 Å². The third kappa shape index (κ3) is 1.81. The lowest BCUT2D eigenvalue weighted by Gasteiger charge is -2.21. The largest absolute Gasteiger partial charge is 0.340 e. The zero-order chi connectivity index (χ0) is 14.6. The number of halogens is 1. The SMILES string of the molecule is O=C1Nc2cc(N3CCc4ccccc43)c(Br)cc2C1=O. The lowest BCUT2D eigenvalue weighted by Crippen LogP contribution is -2.14. The zero-order valence-corrected chi connectivity index (χ0v) is 12.6. The zero-order valence-electron chi connectivity index (χ0n) is 11.0. The summed E-state index contributed by atoms with van der Waals surface area (Å²) in [5, 5.41) is 2.63. The molecule has 2 aliphatic heterocycles. The normalized spacial score (nSPS) is 16.0. The Kier molecular flexibility index (Phi) is 2.65. The lowest BCUT2D eigenvalue weighted by atomic mass is 10.1. The lowest BCUT2D eigenvalue weighted by molar-refractivity contribution is -0.112. The van der Waals surface area contributed by atoms with Gasteiger partial charge in [-0.2, -0.15) is 0 Å². The van der Waals surface area contributed by atoms with Crippen molar-refractivity contribution >= 4 is 44.7 Å². The Labute approximate surface area is 129 Å². The Morgan fingerprint density at radius 1 is 1.10 bits per heavy atom. The monoisotopic (exact) mass is 342 g/mol. The van der Waals surface area contributed by atoms with Gasteiger partial charge in [0.2, 0.25) is 0 Å². The molecule has 2 aromatic carbocycles. The van der Waals surface area contributed by atoms with E-state index in [0.717, 1.165) is 23.1 Å². The number of nitrogens with one attached hydrogen (secondary N) is 1. The quantitative estimate of drug-likeness (QED) is 0.809. The number of ketones is 1. The molecule has 0 saturated carbocycles. The molecule has 0 unspecified atom stereocenters. The molecular formula is C16H11BrN2O2. The summed E-state index contributed by atoms with van der Waals surface area (Å²) >= 11 is 3.53. The van der Waals surface area contributed by atoms with Crippen LogP contribution in [0.5, 0.6) is 0 Å². The van der Waals surface area contributed by atoms with Crippen molar-refractivity contribution < 1.29 is 9.59 Å². The number of carbonyl (C=O) groups excluding carboxylic acids is 2. The molecule has 0 radical (unpaired) electrons. The molecule has 4 nitrogen and oxygen atoms in total. The van der Waals surface area contributed by atoms with E-state index < -0.39 is 11.7 Å². The van der Waals surface area contributed by atoms with Gasteiger partial charge in [-0.3, -0.25) is 9.59 Å². The smallest absolute Gasteiger partial charge is 0.296 e. The van der Waals surface area contributed by atoms with E-state index in [1.54, 1.807) is 6.07 Å². The van der Waals surface area contributed by atoms with Gasteiger partial charge in [0.15, 0.2) is 0 Å². The second kappa shape index (κ2) is 4.43. The van der Waals surface area contributed by atoms with Crippen LogP contribution in [0, 0.1) is 0 Å².